The van der Waals surface area contributed by atoms with Crippen LogP contribution in [0.5, 0.6) is 0 Å². The second-order valence-corrected chi connectivity index (χ2v) is 3.55. The highest BCUT2D eigenvalue weighted by Gasteiger charge is 2.02. The van der Waals surface area contributed by atoms with Crippen LogP contribution in [-0.4, -0.2) is 4.98 Å². The average molecular weight is 153 g/mol. The molecule has 1 nitrogen and oxygen atoms in total. The van der Waals surface area contributed by atoms with Crippen LogP contribution in [0.1, 0.15) is 29.7 Å². The minimum atomic E-state index is 0.540. The Morgan fingerprint density at radius 1 is 1.70 bits per heavy atom. The highest BCUT2D eigenvalue weighted by molar-refractivity contribution is 7.12. The summed E-state index contributed by atoms with van der Waals surface area (Å²) in [5.41, 5.74) is 0. The van der Waals surface area contributed by atoms with Gasteiger partial charge in [0.25, 0.3) is 0 Å². The van der Waals surface area contributed by atoms with E-state index in [-0.39, 0.29) is 0 Å². The predicted octanol–water partition coefficient (Wildman–Crippen LogP) is 2.91. The molecule has 10 heavy (non-hydrogen) atoms. The summed E-state index contributed by atoms with van der Waals surface area (Å²) in [6, 6.07) is 0. The summed E-state index contributed by atoms with van der Waals surface area (Å²) in [6.07, 6.45) is 3.70. The van der Waals surface area contributed by atoms with E-state index in [0.717, 1.165) is 4.88 Å². The van der Waals surface area contributed by atoms with Crippen LogP contribution in [0.15, 0.2) is 12.8 Å². The largest absolute Gasteiger partial charge is 0.249 e. The average Bonchev–Trinajstić information content (AvgIpc) is 2.34. The van der Waals surface area contributed by atoms with Crippen molar-refractivity contribution in [3.8, 4) is 0 Å². The third-order valence-electron chi connectivity index (χ3n) is 1.24. The van der Waals surface area contributed by atoms with E-state index in [1.807, 2.05) is 12.3 Å². The van der Waals surface area contributed by atoms with Crippen LogP contribution in [0.3, 0.4) is 0 Å². The molecule has 0 amide bonds. The van der Waals surface area contributed by atoms with Crippen molar-refractivity contribution in [3.63, 3.8) is 0 Å². The summed E-state index contributed by atoms with van der Waals surface area (Å²) in [6.45, 7) is 7.96. The van der Waals surface area contributed by atoms with Gasteiger partial charge in [0.2, 0.25) is 0 Å². The number of nitrogens with zero attached hydrogens (tertiary/aromatic N) is 1. The van der Waals surface area contributed by atoms with Gasteiger partial charge in [-0.15, -0.1) is 11.3 Å². The van der Waals surface area contributed by atoms with Gasteiger partial charge in [0.15, 0.2) is 0 Å². The quantitative estimate of drug-likeness (QED) is 0.636. The fraction of sp³-hybridized carbons (Fsp3) is 0.375. The van der Waals surface area contributed by atoms with Crippen LogP contribution in [0, 0.1) is 0 Å². The molecule has 0 bridgehead atoms. The highest BCUT2D eigenvalue weighted by Crippen LogP contribution is 2.21. The van der Waals surface area contributed by atoms with Crippen LogP contribution >= 0.6 is 11.3 Å². The lowest BCUT2D eigenvalue weighted by Gasteiger charge is -1.94. The smallest absolute Gasteiger partial charge is 0.0956 e. The number of rotatable bonds is 2. The van der Waals surface area contributed by atoms with Crippen LogP contribution in [0.25, 0.3) is 6.08 Å². The van der Waals surface area contributed by atoms with Gasteiger partial charge >= 0.3 is 0 Å². The van der Waals surface area contributed by atoms with Crippen LogP contribution in [0.2, 0.25) is 0 Å². The van der Waals surface area contributed by atoms with Crippen molar-refractivity contribution < 1.29 is 0 Å². The molecule has 0 radical (unpaired) electrons. The van der Waals surface area contributed by atoms with Gasteiger partial charge in [-0.3, -0.25) is 0 Å². The van der Waals surface area contributed by atoms with E-state index in [4.69, 9.17) is 0 Å². The van der Waals surface area contributed by atoms with Gasteiger partial charge in [0, 0.05) is 17.0 Å². The number of hydrogen-bond donors (Lipinski definition) is 0. The van der Waals surface area contributed by atoms with Crippen LogP contribution in [-0.2, 0) is 0 Å². The van der Waals surface area contributed by atoms with E-state index in [1.54, 1.807) is 11.3 Å². The van der Waals surface area contributed by atoms with Crippen molar-refractivity contribution in [1.82, 2.24) is 4.98 Å². The molecule has 0 atom stereocenters. The number of thiazole rings is 1. The summed E-state index contributed by atoms with van der Waals surface area (Å²) >= 11 is 1.71. The zero-order valence-electron chi connectivity index (χ0n) is 6.29. The van der Waals surface area contributed by atoms with E-state index in [1.165, 1.54) is 5.01 Å². The molecule has 0 aliphatic carbocycles. The maximum atomic E-state index is 4.23. The third kappa shape index (κ3) is 1.45. The lowest BCUT2D eigenvalue weighted by Crippen LogP contribution is -1.81. The first-order valence-electron chi connectivity index (χ1n) is 3.32. The number of aromatic nitrogens is 1. The molecule has 1 aromatic heterocycles. The van der Waals surface area contributed by atoms with Gasteiger partial charge in [-0.1, -0.05) is 26.5 Å². The van der Waals surface area contributed by atoms with Crippen molar-refractivity contribution in [2.75, 3.05) is 0 Å². The molecule has 2 heteroatoms. The minimum Gasteiger partial charge on any atom is -0.249 e. The SMILES string of the molecule is C=Cc1cnc(C(C)C)s1. The maximum Gasteiger partial charge on any atom is 0.0956 e. The first-order chi connectivity index (χ1) is 4.74. The van der Waals surface area contributed by atoms with E-state index in [0.29, 0.717) is 5.92 Å². The van der Waals surface area contributed by atoms with E-state index in [9.17, 15) is 0 Å². The first kappa shape index (κ1) is 7.48. The van der Waals surface area contributed by atoms with Crippen LogP contribution in [0.4, 0.5) is 0 Å². The molecule has 0 aromatic carbocycles. The molecule has 0 saturated heterocycles. The Bertz CT molecular complexity index is 225. The minimum absolute atomic E-state index is 0.540. The summed E-state index contributed by atoms with van der Waals surface area (Å²) in [7, 11) is 0. The van der Waals surface area contributed by atoms with Crippen molar-refractivity contribution >= 4 is 17.4 Å². The Morgan fingerprint density at radius 3 is 2.70 bits per heavy atom. The Morgan fingerprint density at radius 2 is 2.40 bits per heavy atom. The molecule has 0 aliphatic rings. The standard InChI is InChI=1S/C8H11NS/c1-4-7-5-9-8(10-7)6(2)3/h4-6H,1H2,2-3H3. The normalized spacial score (nSPS) is 10.3. The molecule has 0 N–H and O–H groups in total. The summed E-state index contributed by atoms with van der Waals surface area (Å²) in [5.74, 6) is 0.540. The second kappa shape index (κ2) is 2.97. The maximum absolute atomic E-state index is 4.23. The van der Waals surface area contributed by atoms with Crippen molar-refractivity contribution in [1.29, 1.82) is 0 Å². The topological polar surface area (TPSA) is 12.9 Å². The van der Waals surface area contributed by atoms with Gasteiger partial charge in [-0.2, -0.15) is 0 Å². The summed E-state index contributed by atoms with van der Waals surface area (Å²) in [5, 5.41) is 1.19. The first-order valence-corrected chi connectivity index (χ1v) is 4.14. The molecule has 0 aliphatic heterocycles. The monoisotopic (exact) mass is 153 g/mol. The Balaban J connectivity index is 2.88. The predicted molar refractivity (Wildman–Crippen MR) is 46.3 cm³/mol. The molecular weight excluding hydrogens is 142 g/mol. The lowest BCUT2D eigenvalue weighted by atomic mass is 10.2. The summed E-state index contributed by atoms with van der Waals surface area (Å²) in [4.78, 5) is 5.39. The molecule has 0 saturated carbocycles. The molecular formula is C8H11NS. The van der Waals surface area contributed by atoms with E-state index < -0.39 is 0 Å². The van der Waals surface area contributed by atoms with Crippen molar-refractivity contribution in [2.24, 2.45) is 0 Å². The zero-order valence-corrected chi connectivity index (χ0v) is 7.11. The van der Waals surface area contributed by atoms with Gasteiger partial charge in [0.05, 0.1) is 5.01 Å². The Hall–Kier alpha value is -0.630. The molecule has 54 valence electrons. The van der Waals surface area contributed by atoms with E-state index in [2.05, 4.69) is 25.4 Å². The fourth-order valence-electron chi connectivity index (χ4n) is 0.662. The van der Waals surface area contributed by atoms with E-state index >= 15 is 0 Å². The zero-order chi connectivity index (χ0) is 7.56. The molecule has 0 spiro atoms. The van der Waals surface area contributed by atoms with Gasteiger partial charge < -0.3 is 0 Å². The third-order valence-corrected chi connectivity index (χ3v) is 2.53. The second-order valence-electron chi connectivity index (χ2n) is 2.46. The Kier molecular flexibility index (Phi) is 2.22. The molecule has 1 heterocycles. The molecule has 0 unspecified atom stereocenters. The van der Waals surface area contributed by atoms with Gasteiger partial charge in [-0.05, 0) is 0 Å². The highest BCUT2D eigenvalue weighted by atomic mass is 32.1. The summed E-state index contributed by atoms with van der Waals surface area (Å²) < 4.78 is 0. The van der Waals surface area contributed by atoms with Gasteiger partial charge in [0.1, 0.15) is 0 Å². The number of hydrogen-bond acceptors (Lipinski definition) is 2. The fourth-order valence-corrected chi connectivity index (χ4v) is 1.43. The molecule has 1 aromatic rings. The van der Waals surface area contributed by atoms with Gasteiger partial charge in [-0.25, -0.2) is 4.98 Å². The van der Waals surface area contributed by atoms with Crippen molar-refractivity contribution in [3.05, 3.63) is 22.7 Å². The lowest BCUT2D eigenvalue weighted by molar-refractivity contribution is 0.852. The molecule has 0 fully saturated rings. The molecule has 1 rings (SSSR count). The van der Waals surface area contributed by atoms with Crippen LogP contribution < -0.4 is 0 Å². The Labute approximate surface area is 65.4 Å². The van der Waals surface area contributed by atoms with Crippen molar-refractivity contribution in [2.45, 2.75) is 19.8 Å².